The van der Waals surface area contributed by atoms with E-state index in [1.54, 1.807) is 24.3 Å². The van der Waals surface area contributed by atoms with Crippen LogP contribution in [0.3, 0.4) is 0 Å². The second-order valence-corrected chi connectivity index (χ2v) is 6.55. The highest BCUT2D eigenvalue weighted by Gasteiger charge is 2.14. The molecule has 8 nitrogen and oxygen atoms in total. The van der Waals surface area contributed by atoms with Gasteiger partial charge in [-0.3, -0.25) is 19.2 Å². The van der Waals surface area contributed by atoms with Gasteiger partial charge in [-0.2, -0.15) is 0 Å². The summed E-state index contributed by atoms with van der Waals surface area (Å²) < 4.78 is 19.9. The van der Waals surface area contributed by atoms with Gasteiger partial charge in [-0.15, -0.1) is 24.7 Å². The molecule has 0 atom stereocenters. The van der Waals surface area contributed by atoms with Crippen LogP contribution in [0.25, 0.3) is 0 Å². The number of hydrogen-bond acceptors (Lipinski definition) is 8. The van der Waals surface area contributed by atoms with E-state index in [9.17, 15) is 19.2 Å². The highest BCUT2D eigenvalue weighted by molar-refractivity contribution is 5.91. The average Bonchev–Trinajstić information content (AvgIpc) is 2.77. The SMILES string of the molecule is C#CCCCOC(=O)CC(=O)OCc1cccc(COC(=O)CC(=O)OCCCC#C)c1. The number of unbranched alkanes of at least 4 members (excludes halogenated alkanes) is 2. The van der Waals surface area contributed by atoms with Gasteiger partial charge in [0.1, 0.15) is 26.1 Å². The fraction of sp³-hybridized carbons (Fsp3) is 0.417. The second-order valence-electron chi connectivity index (χ2n) is 6.55. The Morgan fingerprint density at radius 2 is 1.09 bits per heavy atom. The molecule has 32 heavy (non-hydrogen) atoms. The summed E-state index contributed by atoms with van der Waals surface area (Å²) in [5.74, 6) is 2.05. The van der Waals surface area contributed by atoms with Crippen molar-refractivity contribution in [1.82, 2.24) is 0 Å². The monoisotopic (exact) mass is 442 g/mol. The van der Waals surface area contributed by atoms with Gasteiger partial charge in [-0.1, -0.05) is 18.2 Å². The molecule has 0 heterocycles. The molecule has 0 bridgehead atoms. The van der Waals surface area contributed by atoms with Crippen LogP contribution in [-0.2, 0) is 51.3 Å². The molecule has 1 aromatic rings. The maximum Gasteiger partial charge on any atom is 0.317 e. The van der Waals surface area contributed by atoms with Gasteiger partial charge in [0.05, 0.1) is 13.2 Å². The lowest BCUT2D eigenvalue weighted by Crippen LogP contribution is -2.15. The zero-order valence-corrected chi connectivity index (χ0v) is 17.8. The lowest BCUT2D eigenvalue weighted by molar-refractivity contribution is -0.157. The van der Waals surface area contributed by atoms with Crippen LogP contribution >= 0.6 is 0 Å². The predicted octanol–water partition coefficient (Wildman–Crippen LogP) is 2.47. The van der Waals surface area contributed by atoms with Crippen LogP contribution in [0.1, 0.15) is 49.7 Å². The van der Waals surface area contributed by atoms with Crippen LogP contribution in [0, 0.1) is 24.7 Å². The largest absolute Gasteiger partial charge is 0.465 e. The summed E-state index contributed by atoms with van der Waals surface area (Å²) in [4.78, 5) is 46.6. The second kappa shape index (κ2) is 16.0. The minimum absolute atomic E-state index is 0.0605. The van der Waals surface area contributed by atoms with Crippen molar-refractivity contribution in [3.63, 3.8) is 0 Å². The molecule has 0 N–H and O–H groups in total. The van der Waals surface area contributed by atoms with Gasteiger partial charge in [0.15, 0.2) is 0 Å². The van der Waals surface area contributed by atoms with E-state index in [1.165, 1.54) is 0 Å². The first-order chi connectivity index (χ1) is 15.4. The van der Waals surface area contributed by atoms with Crippen molar-refractivity contribution in [2.45, 2.75) is 51.7 Å². The predicted molar refractivity (Wildman–Crippen MR) is 113 cm³/mol. The van der Waals surface area contributed by atoms with Crippen molar-refractivity contribution in [3.05, 3.63) is 35.4 Å². The zero-order chi connectivity index (χ0) is 23.6. The van der Waals surface area contributed by atoms with Gasteiger partial charge in [-0.05, 0) is 30.0 Å². The summed E-state index contributed by atoms with van der Waals surface area (Å²) in [5, 5.41) is 0. The highest BCUT2D eigenvalue weighted by Crippen LogP contribution is 2.09. The molecule has 0 unspecified atom stereocenters. The van der Waals surface area contributed by atoms with Crippen molar-refractivity contribution < 1.29 is 38.1 Å². The third-order valence-electron chi connectivity index (χ3n) is 3.83. The number of hydrogen-bond donors (Lipinski definition) is 0. The fourth-order valence-corrected chi connectivity index (χ4v) is 2.30. The van der Waals surface area contributed by atoms with E-state index in [1.807, 2.05) is 0 Å². The Bertz CT molecular complexity index is 792. The van der Waals surface area contributed by atoms with Gasteiger partial charge in [0.25, 0.3) is 0 Å². The summed E-state index contributed by atoms with van der Waals surface area (Å²) in [6.45, 7) is 0.186. The molecule has 0 aromatic heterocycles. The lowest BCUT2D eigenvalue weighted by Gasteiger charge is -2.08. The van der Waals surface area contributed by atoms with E-state index < -0.39 is 36.7 Å². The smallest absolute Gasteiger partial charge is 0.317 e. The molecule has 1 aromatic carbocycles. The Morgan fingerprint density at radius 1 is 0.688 bits per heavy atom. The number of benzene rings is 1. The van der Waals surface area contributed by atoms with Crippen LogP contribution in [0.2, 0.25) is 0 Å². The number of carbonyl (C=O) groups excluding carboxylic acids is 4. The summed E-state index contributed by atoms with van der Waals surface area (Å²) in [6, 6.07) is 6.80. The van der Waals surface area contributed by atoms with Crippen molar-refractivity contribution in [2.24, 2.45) is 0 Å². The fourth-order valence-electron chi connectivity index (χ4n) is 2.30. The molecule has 0 aliphatic rings. The van der Waals surface area contributed by atoms with E-state index >= 15 is 0 Å². The molecular weight excluding hydrogens is 416 g/mol. The third kappa shape index (κ3) is 12.7. The number of rotatable bonds is 14. The molecular formula is C24H26O8. The molecule has 170 valence electrons. The van der Waals surface area contributed by atoms with Crippen LogP contribution < -0.4 is 0 Å². The van der Waals surface area contributed by atoms with Crippen molar-refractivity contribution in [2.75, 3.05) is 13.2 Å². The van der Waals surface area contributed by atoms with E-state index in [-0.39, 0.29) is 26.4 Å². The molecule has 0 saturated heterocycles. The normalized spacial score (nSPS) is 9.69. The maximum absolute atomic E-state index is 11.8. The molecule has 1 rings (SSSR count). The Morgan fingerprint density at radius 3 is 1.50 bits per heavy atom. The summed E-state index contributed by atoms with van der Waals surface area (Å²) in [7, 11) is 0. The molecule has 0 aliphatic heterocycles. The number of ether oxygens (including phenoxy) is 4. The first-order valence-corrected chi connectivity index (χ1v) is 10.0. The summed E-state index contributed by atoms with van der Waals surface area (Å²) >= 11 is 0. The van der Waals surface area contributed by atoms with Crippen molar-refractivity contribution >= 4 is 23.9 Å². The van der Waals surface area contributed by atoms with Gasteiger partial charge >= 0.3 is 23.9 Å². The van der Waals surface area contributed by atoms with E-state index in [2.05, 4.69) is 11.8 Å². The number of terminal acetylenes is 2. The lowest BCUT2D eigenvalue weighted by atomic mass is 10.1. The van der Waals surface area contributed by atoms with E-state index in [4.69, 9.17) is 31.8 Å². The number of carbonyl (C=O) groups is 4. The van der Waals surface area contributed by atoms with Gasteiger partial charge in [-0.25, -0.2) is 0 Å². The van der Waals surface area contributed by atoms with Crippen molar-refractivity contribution in [1.29, 1.82) is 0 Å². The zero-order valence-electron chi connectivity index (χ0n) is 17.8. The maximum atomic E-state index is 11.8. The summed E-state index contributed by atoms with van der Waals surface area (Å²) in [5.41, 5.74) is 1.28. The van der Waals surface area contributed by atoms with Crippen molar-refractivity contribution in [3.8, 4) is 24.7 Å². The molecule has 8 heteroatoms. The Balaban J connectivity index is 2.33. The van der Waals surface area contributed by atoms with Gasteiger partial charge < -0.3 is 18.9 Å². The Kier molecular flexibility index (Phi) is 13.1. The molecule has 0 aliphatic carbocycles. The summed E-state index contributed by atoms with van der Waals surface area (Å²) in [6.07, 6.45) is 11.2. The first kappa shape index (κ1) is 26.3. The molecule has 0 fully saturated rings. The topological polar surface area (TPSA) is 105 Å². The molecule has 0 saturated carbocycles. The average molecular weight is 442 g/mol. The van der Waals surface area contributed by atoms with Gasteiger partial charge in [0, 0.05) is 12.8 Å². The Labute approximate surface area is 187 Å². The van der Waals surface area contributed by atoms with Crippen LogP contribution in [0.4, 0.5) is 0 Å². The first-order valence-electron chi connectivity index (χ1n) is 10.0. The quantitative estimate of drug-likeness (QED) is 0.142. The minimum atomic E-state index is -0.718. The number of esters is 4. The van der Waals surface area contributed by atoms with Crippen LogP contribution in [0.15, 0.2) is 24.3 Å². The van der Waals surface area contributed by atoms with Crippen LogP contribution in [-0.4, -0.2) is 37.1 Å². The standard InChI is InChI=1S/C24H26O8/c1-3-5-7-12-29-21(25)15-23(27)31-17-19-10-9-11-20(14-19)18-32-24(28)16-22(26)30-13-8-6-4-2/h1-2,9-11,14H,5-8,12-13,15-18H2. The minimum Gasteiger partial charge on any atom is -0.465 e. The highest BCUT2D eigenvalue weighted by atomic mass is 16.6. The van der Waals surface area contributed by atoms with E-state index in [0.29, 0.717) is 36.8 Å². The van der Waals surface area contributed by atoms with Gasteiger partial charge in [0.2, 0.25) is 0 Å². The molecule has 0 spiro atoms. The van der Waals surface area contributed by atoms with E-state index in [0.717, 1.165) is 0 Å². The molecule has 0 amide bonds. The molecule has 0 radical (unpaired) electrons. The van der Waals surface area contributed by atoms with Crippen LogP contribution in [0.5, 0.6) is 0 Å². The third-order valence-corrected chi connectivity index (χ3v) is 3.83. The Hall–Kier alpha value is -3.78.